The first-order valence-electron chi connectivity index (χ1n) is 5.96. The van der Waals surface area contributed by atoms with Gasteiger partial charge in [0.15, 0.2) is 0 Å². The molecular weight excluding hydrogens is 281 g/mol. The second-order valence-electron chi connectivity index (χ2n) is 4.15. The zero-order valence-corrected chi connectivity index (χ0v) is 11.6. The van der Waals surface area contributed by atoms with E-state index in [1.807, 2.05) is 0 Å². The van der Waals surface area contributed by atoms with E-state index in [1.165, 1.54) is 19.2 Å². The number of hydrogen-bond donors (Lipinski definition) is 1. The molecule has 20 heavy (non-hydrogen) atoms. The fourth-order valence-corrected chi connectivity index (χ4v) is 1.81. The van der Waals surface area contributed by atoms with Gasteiger partial charge < -0.3 is 10.1 Å². The average Bonchev–Trinajstić information content (AvgIpc) is 2.46. The van der Waals surface area contributed by atoms with Crippen LogP contribution in [0.15, 0.2) is 42.5 Å². The maximum atomic E-state index is 13.7. The molecule has 1 amide bonds. The van der Waals surface area contributed by atoms with Gasteiger partial charge in [-0.3, -0.25) is 4.79 Å². The van der Waals surface area contributed by atoms with E-state index in [4.69, 9.17) is 16.3 Å². The van der Waals surface area contributed by atoms with E-state index in [-0.39, 0.29) is 5.56 Å². The molecule has 104 valence electrons. The van der Waals surface area contributed by atoms with Crippen LogP contribution in [0.4, 0.5) is 4.39 Å². The molecule has 0 unspecified atom stereocenters. The number of carbonyl (C=O) groups excluding carboxylic acids is 1. The molecule has 0 fully saturated rings. The largest absolute Gasteiger partial charge is 0.497 e. The number of benzene rings is 2. The van der Waals surface area contributed by atoms with Crippen LogP contribution in [-0.4, -0.2) is 13.0 Å². The Labute approximate surface area is 121 Å². The summed E-state index contributed by atoms with van der Waals surface area (Å²) < 4.78 is 18.6. The first kappa shape index (κ1) is 14.3. The Morgan fingerprint density at radius 3 is 2.55 bits per heavy atom. The molecule has 0 saturated carbocycles. The molecule has 1 N–H and O–H groups in total. The molecule has 2 rings (SSSR count). The van der Waals surface area contributed by atoms with Crippen LogP contribution in [0.2, 0.25) is 5.02 Å². The summed E-state index contributed by atoms with van der Waals surface area (Å²) in [5.74, 6) is -0.713. The minimum Gasteiger partial charge on any atom is -0.497 e. The molecular formula is C15H13ClFNO2. The summed E-state index contributed by atoms with van der Waals surface area (Å²) >= 11 is 5.77. The summed E-state index contributed by atoms with van der Waals surface area (Å²) in [5, 5.41) is 3.28. The van der Waals surface area contributed by atoms with E-state index in [0.29, 0.717) is 17.3 Å². The zero-order chi connectivity index (χ0) is 14.5. The highest BCUT2D eigenvalue weighted by molar-refractivity contribution is 6.30. The number of methoxy groups -OCH3 is 1. The number of halogens is 2. The normalized spacial score (nSPS) is 10.2. The fourth-order valence-electron chi connectivity index (χ4n) is 1.69. The highest BCUT2D eigenvalue weighted by atomic mass is 35.5. The predicted molar refractivity (Wildman–Crippen MR) is 75.6 cm³/mol. The summed E-state index contributed by atoms with van der Waals surface area (Å²) in [6.45, 7) is 0.307. The van der Waals surface area contributed by atoms with Gasteiger partial charge in [-0.25, -0.2) is 4.39 Å². The van der Waals surface area contributed by atoms with Gasteiger partial charge in [0.25, 0.3) is 5.91 Å². The predicted octanol–water partition coefficient (Wildman–Crippen LogP) is 3.42. The summed E-state index contributed by atoms with van der Waals surface area (Å²) in [6, 6.07) is 11.2. The Hall–Kier alpha value is -2.07. The summed E-state index contributed by atoms with van der Waals surface area (Å²) in [5.41, 5.74) is 0.872. The van der Waals surface area contributed by atoms with Crippen molar-refractivity contribution in [3.8, 4) is 5.75 Å². The molecule has 0 aliphatic rings. The Kier molecular flexibility index (Phi) is 4.58. The number of nitrogens with one attached hydrogen (secondary N) is 1. The van der Waals surface area contributed by atoms with Gasteiger partial charge in [0.1, 0.15) is 11.6 Å². The van der Waals surface area contributed by atoms with Crippen LogP contribution < -0.4 is 10.1 Å². The van der Waals surface area contributed by atoms with Crippen LogP contribution in [0, 0.1) is 5.82 Å². The molecule has 2 aromatic rings. The lowest BCUT2D eigenvalue weighted by Crippen LogP contribution is -2.23. The topological polar surface area (TPSA) is 38.3 Å². The monoisotopic (exact) mass is 293 g/mol. The van der Waals surface area contributed by atoms with Gasteiger partial charge in [0.05, 0.1) is 12.7 Å². The van der Waals surface area contributed by atoms with Crippen LogP contribution in [-0.2, 0) is 6.54 Å². The molecule has 5 heteroatoms. The molecule has 2 aromatic carbocycles. The van der Waals surface area contributed by atoms with Crippen molar-refractivity contribution >= 4 is 17.5 Å². The van der Waals surface area contributed by atoms with Crippen LogP contribution in [0.25, 0.3) is 0 Å². The Morgan fingerprint density at radius 1 is 1.25 bits per heavy atom. The molecule has 0 bridgehead atoms. The Morgan fingerprint density at radius 2 is 1.95 bits per heavy atom. The van der Waals surface area contributed by atoms with Crippen molar-refractivity contribution in [3.63, 3.8) is 0 Å². The van der Waals surface area contributed by atoms with Gasteiger partial charge in [-0.15, -0.1) is 0 Å². The lowest BCUT2D eigenvalue weighted by Gasteiger charge is -2.07. The highest BCUT2D eigenvalue weighted by Gasteiger charge is 2.12. The van der Waals surface area contributed by atoms with E-state index < -0.39 is 11.7 Å². The number of carbonyl (C=O) groups is 1. The zero-order valence-electron chi connectivity index (χ0n) is 10.8. The van der Waals surface area contributed by atoms with Crippen molar-refractivity contribution < 1.29 is 13.9 Å². The molecule has 0 aliphatic heterocycles. The molecule has 0 atom stereocenters. The molecule has 0 saturated heterocycles. The number of amides is 1. The van der Waals surface area contributed by atoms with Crippen molar-refractivity contribution in [3.05, 3.63) is 64.4 Å². The van der Waals surface area contributed by atoms with E-state index >= 15 is 0 Å². The smallest absolute Gasteiger partial charge is 0.254 e. The average molecular weight is 294 g/mol. The summed E-state index contributed by atoms with van der Waals surface area (Å²) in [6.07, 6.45) is 0. The van der Waals surface area contributed by atoms with E-state index in [9.17, 15) is 9.18 Å². The number of ether oxygens (including phenoxy) is 1. The van der Waals surface area contributed by atoms with Gasteiger partial charge >= 0.3 is 0 Å². The van der Waals surface area contributed by atoms with E-state index in [2.05, 4.69) is 5.32 Å². The Bertz CT molecular complexity index is 614. The minimum absolute atomic E-state index is 0.0141. The number of hydrogen-bond acceptors (Lipinski definition) is 2. The van der Waals surface area contributed by atoms with Crippen molar-refractivity contribution in [2.45, 2.75) is 6.54 Å². The highest BCUT2D eigenvalue weighted by Crippen LogP contribution is 2.16. The fraction of sp³-hybridized carbons (Fsp3) is 0.133. The molecule has 0 spiro atoms. The third kappa shape index (κ3) is 3.48. The SMILES string of the molecule is COc1ccc(C(=O)NCc2ccc(Cl)cc2)c(F)c1. The van der Waals surface area contributed by atoms with Crippen molar-refractivity contribution in [2.75, 3.05) is 7.11 Å². The van der Waals surface area contributed by atoms with Gasteiger partial charge in [0, 0.05) is 17.6 Å². The molecule has 0 heterocycles. The summed E-state index contributed by atoms with van der Waals surface area (Å²) in [4.78, 5) is 11.9. The summed E-state index contributed by atoms with van der Waals surface area (Å²) in [7, 11) is 1.44. The van der Waals surface area contributed by atoms with Gasteiger partial charge in [0.2, 0.25) is 0 Å². The van der Waals surface area contributed by atoms with Crippen LogP contribution in [0.1, 0.15) is 15.9 Å². The minimum atomic E-state index is -0.613. The van der Waals surface area contributed by atoms with Gasteiger partial charge in [-0.1, -0.05) is 23.7 Å². The Balaban J connectivity index is 2.03. The lowest BCUT2D eigenvalue weighted by atomic mass is 10.1. The van der Waals surface area contributed by atoms with Crippen LogP contribution in [0.3, 0.4) is 0 Å². The standard InChI is InChI=1S/C15H13ClFNO2/c1-20-12-6-7-13(14(17)8-12)15(19)18-9-10-2-4-11(16)5-3-10/h2-8H,9H2,1H3,(H,18,19). The lowest BCUT2D eigenvalue weighted by molar-refractivity contribution is 0.0947. The van der Waals surface area contributed by atoms with Crippen molar-refractivity contribution in [1.82, 2.24) is 5.32 Å². The van der Waals surface area contributed by atoms with Crippen molar-refractivity contribution in [2.24, 2.45) is 0 Å². The van der Waals surface area contributed by atoms with Gasteiger partial charge in [-0.05, 0) is 29.8 Å². The molecule has 0 radical (unpaired) electrons. The second-order valence-corrected chi connectivity index (χ2v) is 4.59. The second kappa shape index (κ2) is 6.39. The van der Waals surface area contributed by atoms with Crippen LogP contribution in [0.5, 0.6) is 5.75 Å². The maximum absolute atomic E-state index is 13.7. The van der Waals surface area contributed by atoms with E-state index in [1.54, 1.807) is 30.3 Å². The van der Waals surface area contributed by atoms with Crippen LogP contribution >= 0.6 is 11.6 Å². The first-order chi connectivity index (χ1) is 9.60. The number of rotatable bonds is 4. The third-order valence-corrected chi connectivity index (χ3v) is 3.04. The first-order valence-corrected chi connectivity index (χ1v) is 6.34. The molecule has 0 aliphatic carbocycles. The molecule has 0 aromatic heterocycles. The molecule has 3 nitrogen and oxygen atoms in total. The van der Waals surface area contributed by atoms with E-state index in [0.717, 1.165) is 5.56 Å². The third-order valence-electron chi connectivity index (χ3n) is 2.79. The quantitative estimate of drug-likeness (QED) is 0.938. The van der Waals surface area contributed by atoms with Crippen molar-refractivity contribution in [1.29, 1.82) is 0 Å². The maximum Gasteiger partial charge on any atom is 0.254 e. The van der Waals surface area contributed by atoms with Gasteiger partial charge in [-0.2, -0.15) is 0 Å².